The third-order valence-electron chi connectivity index (χ3n) is 5.99. The van der Waals surface area contributed by atoms with Crippen LogP contribution in [0.15, 0.2) is 53.6 Å². The van der Waals surface area contributed by atoms with Crippen molar-refractivity contribution in [3.8, 4) is 5.75 Å². The van der Waals surface area contributed by atoms with Crippen LogP contribution in [-0.2, 0) is 27.2 Å². The van der Waals surface area contributed by atoms with Gasteiger partial charge in [-0.1, -0.05) is 19.1 Å². The normalized spacial score (nSPS) is 14.4. The summed E-state index contributed by atoms with van der Waals surface area (Å²) in [6, 6.07) is 11.6. The zero-order valence-electron chi connectivity index (χ0n) is 21.3. The lowest BCUT2D eigenvalue weighted by molar-refractivity contribution is -0.136. The van der Waals surface area contributed by atoms with Crippen molar-refractivity contribution in [1.82, 2.24) is 5.43 Å². The number of hydrazone groups is 1. The first-order chi connectivity index (χ1) is 18.8. The van der Waals surface area contributed by atoms with E-state index < -0.39 is 29.6 Å². The number of rotatable bonds is 7. The SMILES string of the molecule is CCOC(=O)c1c(NC(=O)C(=O)N/N=C\c2ccc(OC(=O)c3ccccc3F)cc2)sc2c1CC[C@H](C)C2. The lowest BCUT2D eigenvalue weighted by atomic mass is 9.88. The second kappa shape index (κ2) is 12.4. The number of esters is 2. The number of halogens is 1. The van der Waals surface area contributed by atoms with Crippen molar-refractivity contribution in [2.75, 3.05) is 11.9 Å². The molecule has 1 aliphatic rings. The second-order valence-corrected chi connectivity index (χ2v) is 9.97. The maximum absolute atomic E-state index is 13.7. The fraction of sp³-hybridized carbons (Fsp3) is 0.250. The first-order valence-corrected chi connectivity index (χ1v) is 13.1. The minimum Gasteiger partial charge on any atom is -0.462 e. The van der Waals surface area contributed by atoms with Gasteiger partial charge in [0, 0.05) is 4.88 Å². The van der Waals surface area contributed by atoms with Gasteiger partial charge in [0.15, 0.2) is 0 Å². The minimum atomic E-state index is -1.02. The van der Waals surface area contributed by atoms with Gasteiger partial charge >= 0.3 is 23.8 Å². The van der Waals surface area contributed by atoms with Crippen LogP contribution in [0.5, 0.6) is 5.75 Å². The molecule has 0 aliphatic heterocycles. The molecule has 2 aromatic carbocycles. The van der Waals surface area contributed by atoms with E-state index in [1.54, 1.807) is 19.1 Å². The lowest BCUT2D eigenvalue weighted by Gasteiger charge is -2.18. The van der Waals surface area contributed by atoms with Gasteiger partial charge in [-0.05, 0) is 79.6 Å². The van der Waals surface area contributed by atoms with Crippen LogP contribution in [0.25, 0.3) is 0 Å². The van der Waals surface area contributed by atoms with Crippen molar-refractivity contribution in [3.63, 3.8) is 0 Å². The topological polar surface area (TPSA) is 123 Å². The number of fused-ring (bicyclic) bond motifs is 1. The highest BCUT2D eigenvalue weighted by atomic mass is 32.1. The summed E-state index contributed by atoms with van der Waals surface area (Å²) in [4.78, 5) is 50.6. The summed E-state index contributed by atoms with van der Waals surface area (Å²) in [5, 5.41) is 6.61. The standard InChI is InChI=1S/C28H26FN3O6S/c1-3-37-28(36)23-20-13-8-16(2)14-22(20)39-26(23)31-24(33)25(34)32-30-15-17-9-11-18(12-10-17)38-27(35)19-6-4-5-7-21(19)29/h4-7,9-12,15-16H,3,8,13-14H2,1-2H3,(H,31,33)(H,32,34)/b30-15-/t16-/m0/s1. The number of carbonyl (C=O) groups is 4. The molecular weight excluding hydrogens is 525 g/mol. The number of amides is 2. The van der Waals surface area contributed by atoms with Crippen molar-refractivity contribution in [3.05, 3.63) is 81.5 Å². The van der Waals surface area contributed by atoms with Gasteiger partial charge in [0.25, 0.3) is 0 Å². The van der Waals surface area contributed by atoms with Crippen molar-refractivity contribution in [1.29, 1.82) is 0 Å². The molecule has 0 unspecified atom stereocenters. The molecule has 3 aromatic rings. The van der Waals surface area contributed by atoms with Crippen LogP contribution in [-0.4, -0.2) is 36.6 Å². The van der Waals surface area contributed by atoms with E-state index in [1.165, 1.54) is 47.9 Å². The van der Waals surface area contributed by atoms with Crippen LogP contribution in [0.3, 0.4) is 0 Å². The minimum absolute atomic E-state index is 0.184. The summed E-state index contributed by atoms with van der Waals surface area (Å²) in [6.07, 6.45) is 3.71. The number of hydrogen-bond donors (Lipinski definition) is 2. The van der Waals surface area contributed by atoms with E-state index >= 15 is 0 Å². The van der Waals surface area contributed by atoms with Gasteiger partial charge < -0.3 is 14.8 Å². The number of hydrogen-bond acceptors (Lipinski definition) is 8. The molecule has 2 N–H and O–H groups in total. The molecule has 0 fully saturated rings. The number of nitrogens with one attached hydrogen (secondary N) is 2. The molecule has 0 spiro atoms. The quantitative estimate of drug-likeness (QED) is 0.147. The molecule has 11 heteroatoms. The zero-order valence-corrected chi connectivity index (χ0v) is 22.1. The van der Waals surface area contributed by atoms with Crippen molar-refractivity contribution >= 4 is 46.3 Å². The maximum atomic E-state index is 13.7. The Kier molecular flexibility index (Phi) is 8.82. The largest absolute Gasteiger partial charge is 0.462 e. The van der Waals surface area contributed by atoms with Gasteiger partial charge in [-0.3, -0.25) is 9.59 Å². The molecular formula is C28H26FN3O6S. The van der Waals surface area contributed by atoms with Crippen molar-refractivity contribution < 1.29 is 33.0 Å². The van der Waals surface area contributed by atoms with Crippen LogP contribution in [0.1, 0.15) is 57.0 Å². The first kappa shape index (κ1) is 27.6. The number of anilines is 1. The average molecular weight is 552 g/mol. The molecule has 0 radical (unpaired) electrons. The number of benzene rings is 2. The molecule has 0 saturated heterocycles. The van der Waals surface area contributed by atoms with Crippen LogP contribution in [0.2, 0.25) is 0 Å². The Labute approximate surface area is 228 Å². The van der Waals surface area contributed by atoms with Gasteiger partial charge in [0.05, 0.1) is 23.9 Å². The number of nitrogens with zero attached hydrogens (tertiary/aromatic N) is 1. The van der Waals surface area contributed by atoms with E-state index in [2.05, 4.69) is 22.8 Å². The lowest BCUT2D eigenvalue weighted by Crippen LogP contribution is -2.32. The smallest absolute Gasteiger partial charge is 0.346 e. The third kappa shape index (κ3) is 6.74. The number of ether oxygens (including phenoxy) is 2. The van der Waals surface area contributed by atoms with Crippen LogP contribution in [0, 0.1) is 11.7 Å². The van der Waals surface area contributed by atoms with E-state index in [-0.39, 0.29) is 22.9 Å². The van der Waals surface area contributed by atoms with Gasteiger partial charge in [-0.25, -0.2) is 19.4 Å². The van der Waals surface area contributed by atoms with Gasteiger partial charge in [0.1, 0.15) is 16.6 Å². The molecule has 39 heavy (non-hydrogen) atoms. The Morgan fingerprint density at radius 1 is 1.08 bits per heavy atom. The summed E-state index contributed by atoms with van der Waals surface area (Å²) < 4.78 is 24.1. The van der Waals surface area contributed by atoms with Crippen LogP contribution in [0.4, 0.5) is 9.39 Å². The fourth-order valence-corrected chi connectivity index (χ4v) is 5.44. The van der Waals surface area contributed by atoms with Crippen LogP contribution >= 0.6 is 11.3 Å². The van der Waals surface area contributed by atoms with E-state index in [1.807, 2.05) is 0 Å². The average Bonchev–Trinajstić information content (AvgIpc) is 3.26. The van der Waals surface area contributed by atoms with Crippen molar-refractivity contribution in [2.45, 2.75) is 33.1 Å². The molecule has 9 nitrogen and oxygen atoms in total. The van der Waals surface area contributed by atoms with Gasteiger partial charge in [0.2, 0.25) is 0 Å². The maximum Gasteiger partial charge on any atom is 0.346 e. The molecule has 0 saturated carbocycles. The summed E-state index contributed by atoms with van der Waals surface area (Å²) in [6.45, 7) is 4.02. The van der Waals surface area contributed by atoms with Gasteiger partial charge in [-0.2, -0.15) is 5.10 Å². The van der Waals surface area contributed by atoms with Crippen LogP contribution < -0.4 is 15.5 Å². The molecule has 1 aromatic heterocycles. The highest BCUT2D eigenvalue weighted by Gasteiger charge is 2.30. The van der Waals surface area contributed by atoms with E-state index in [0.29, 0.717) is 23.5 Å². The Bertz CT molecular complexity index is 1430. The fourth-order valence-electron chi connectivity index (χ4n) is 4.04. The Hall–Kier alpha value is -4.38. The highest BCUT2D eigenvalue weighted by molar-refractivity contribution is 7.17. The predicted molar refractivity (Wildman–Crippen MR) is 144 cm³/mol. The summed E-state index contributed by atoms with van der Waals surface area (Å²) in [5.74, 6) is -3.39. The Morgan fingerprint density at radius 2 is 1.82 bits per heavy atom. The third-order valence-corrected chi connectivity index (χ3v) is 7.16. The molecule has 202 valence electrons. The summed E-state index contributed by atoms with van der Waals surface area (Å²) in [5.41, 5.74) is 3.68. The first-order valence-electron chi connectivity index (χ1n) is 12.3. The van der Waals surface area contributed by atoms with Crippen molar-refractivity contribution in [2.24, 2.45) is 11.0 Å². The number of carbonyl (C=O) groups excluding carboxylic acids is 4. The van der Waals surface area contributed by atoms with Gasteiger partial charge in [-0.15, -0.1) is 11.3 Å². The Morgan fingerprint density at radius 3 is 2.54 bits per heavy atom. The highest BCUT2D eigenvalue weighted by Crippen LogP contribution is 2.40. The Balaban J connectivity index is 1.35. The monoisotopic (exact) mass is 551 g/mol. The number of thiophene rings is 1. The summed E-state index contributed by atoms with van der Waals surface area (Å²) in [7, 11) is 0. The second-order valence-electron chi connectivity index (χ2n) is 8.87. The molecule has 1 heterocycles. The molecule has 0 bridgehead atoms. The predicted octanol–water partition coefficient (Wildman–Crippen LogP) is 4.50. The van der Waals surface area contributed by atoms with E-state index in [9.17, 15) is 23.6 Å². The van der Waals surface area contributed by atoms with E-state index in [0.717, 1.165) is 29.3 Å². The molecule has 1 atom stereocenters. The zero-order chi connectivity index (χ0) is 27.9. The molecule has 4 rings (SSSR count). The summed E-state index contributed by atoms with van der Waals surface area (Å²) >= 11 is 1.28. The molecule has 1 aliphatic carbocycles. The molecule has 2 amide bonds. The van der Waals surface area contributed by atoms with E-state index in [4.69, 9.17) is 9.47 Å².